The Morgan fingerprint density at radius 2 is 1.30 bits per heavy atom. The molecule has 2 aliphatic heterocycles. The molecule has 0 aromatic heterocycles. The zero-order valence-corrected chi connectivity index (χ0v) is 26.5. The van der Waals surface area contributed by atoms with Gasteiger partial charge >= 0.3 is 0 Å². The number of aliphatic hydroxyl groups is 8. The van der Waals surface area contributed by atoms with Crippen LogP contribution in [0.1, 0.15) is 66.7 Å². The van der Waals surface area contributed by atoms with E-state index in [1.165, 1.54) is 0 Å². The third-order valence-corrected chi connectivity index (χ3v) is 8.03. The Bertz CT molecular complexity index is 974. The van der Waals surface area contributed by atoms with Crippen molar-refractivity contribution in [2.45, 2.75) is 140 Å². The van der Waals surface area contributed by atoms with Crippen LogP contribution in [0.3, 0.4) is 0 Å². The van der Waals surface area contributed by atoms with Crippen molar-refractivity contribution >= 4 is 0 Å². The van der Waals surface area contributed by atoms with Crippen LogP contribution in [0.15, 0.2) is 47.6 Å². The maximum Gasteiger partial charge on any atom is 0.187 e. The molecule has 8 N–H and O–H groups in total. The highest BCUT2D eigenvalue weighted by Crippen LogP contribution is 2.30. The van der Waals surface area contributed by atoms with Crippen LogP contribution in [-0.2, 0) is 18.9 Å². The third kappa shape index (κ3) is 11.1. The summed E-state index contributed by atoms with van der Waals surface area (Å²) in [7, 11) is 0. The molecule has 2 fully saturated rings. The van der Waals surface area contributed by atoms with Gasteiger partial charge in [-0.1, -0.05) is 41.0 Å². The van der Waals surface area contributed by atoms with Crippen molar-refractivity contribution < 1.29 is 59.8 Å². The fraction of sp³-hybridized carbons (Fsp3) is 0.750. The first-order valence-corrected chi connectivity index (χ1v) is 15.2. The molecule has 2 aliphatic rings. The molecule has 12 atom stereocenters. The minimum absolute atomic E-state index is 0.463. The summed E-state index contributed by atoms with van der Waals surface area (Å²) in [5.74, 6) is 0. The van der Waals surface area contributed by atoms with Gasteiger partial charge in [-0.2, -0.15) is 0 Å². The summed E-state index contributed by atoms with van der Waals surface area (Å²) in [4.78, 5) is 0. The molecule has 254 valence electrons. The van der Waals surface area contributed by atoms with E-state index in [2.05, 4.69) is 18.7 Å². The Kier molecular flexibility index (Phi) is 15.8. The normalized spacial score (nSPS) is 35.6. The summed E-state index contributed by atoms with van der Waals surface area (Å²) >= 11 is 0. The van der Waals surface area contributed by atoms with Gasteiger partial charge < -0.3 is 59.8 Å². The van der Waals surface area contributed by atoms with Gasteiger partial charge in [-0.3, -0.25) is 0 Å². The first-order chi connectivity index (χ1) is 20.7. The van der Waals surface area contributed by atoms with Crippen molar-refractivity contribution in [1.29, 1.82) is 0 Å². The lowest BCUT2D eigenvalue weighted by Crippen LogP contribution is -2.60. The first kappa shape index (κ1) is 38.7. The number of hydrogen-bond acceptors (Lipinski definition) is 12. The Labute approximate surface area is 260 Å². The van der Waals surface area contributed by atoms with Gasteiger partial charge in [0.2, 0.25) is 0 Å². The minimum atomic E-state index is -1.52. The van der Waals surface area contributed by atoms with Gasteiger partial charge in [-0.25, -0.2) is 0 Å². The molecule has 12 heteroatoms. The predicted molar refractivity (Wildman–Crippen MR) is 162 cm³/mol. The zero-order chi connectivity index (χ0) is 33.2. The summed E-state index contributed by atoms with van der Waals surface area (Å²) < 4.78 is 22.9. The molecule has 44 heavy (non-hydrogen) atoms. The standard InChI is InChI=1S/C32H54O12/c1-7-32(6,44-31-29(40)27(38)25(36)23(17-34)43-31)13-9-12-19(4)10-8-11-20(5)15-21(14-18(2)3)41-30-28(39)26(37)24(35)22(16-33)42-30/h7,11-12,14,21-31,33-40H,1,8-10,13,15-17H2,2-6H3. The van der Waals surface area contributed by atoms with Crippen LogP contribution in [0.25, 0.3) is 0 Å². The summed E-state index contributed by atoms with van der Waals surface area (Å²) in [6.07, 6.45) is -2.97. The van der Waals surface area contributed by atoms with E-state index in [0.29, 0.717) is 19.3 Å². The molecule has 2 saturated heterocycles. The van der Waals surface area contributed by atoms with Gasteiger partial charge in [0, 0.05) is 0 Å². The van der Waals surface area contributed by atoms with Gasteiger partial charge in [-0.15, -0.1) is 6.58 Å². The lowest BCUT2D eigenvalue weighted by Gasteiger charge is -2.42. The van der Waals surface area contributed by atoms with Crippen LogP contribution in [-0.4, -0.2) is 127 Å². The molecule has 0 aromatic rings. The molecule has 2 rings (SSSR count). The molecular formula is C32H54O12. The molecule has 12 unspecified atom stereocenters. The van der Waals surface area contributed by atoms with Gasteiger partial charge in [0.15, 0.2) is 12.6 Å². The van der Waals surface area contributed by atoms with Crippen LogP contribution >= 0.6 is 0 Å². The molecule has 0 aliphatic carbocycles. The average Bonchev–Trinajstić information content (AvgIpc) is 2.97. The maximum absolute atomic E-state index is 10.4. The van der Waals surface area contributed by atoms with Gasteiger partial charge in [-0.05, 0) is 66.7 Å². The summed E-state index contributed by atoms with van der Waals surface area (Å²) in [6.45, 7) is 12.4. The second-order valence-electron chi connectivity index (χ2n) is 12.3. The second kappa shape index (κ2) is 18.0. The predicted octanol–water partition coefficient (Wildman–Crippen LogP) is 0.742. The monoisotopic (exact) mass is 630 g/mol. The molecule has 0 bridgehead atoms. The van der Waals surface area contributed by atoms with E-state index in [4.69, 9.17) is 18.9 Å². The smallest absolute Gasteiger partial charge is 0.187 e. The number of allylic oxidation sites excluding steroid dienone is 4. The molecule has 0 aromatic carbocycles. The lowest BCUT2D eigenvalue weighted by molar-refractivity contribution is -0.319. The average molecular weight is 631 g/mol. The van der Waals surface area contributed by atoms with E-state index in [9.17, 15) is 40.9 Å². The van der Waals surface area contributed by atoms with Crippen molar-refractivity contribution in [3.63, 3.8) is 0 Å². The van der Waals surface area contributed by atoms with E-state index in [1.807, 2.05) is 33.8 Å². The van der Waals surface area contributed by atoms with Crippen molar-refractivity contribution in [2.24, 2.45) is 0 Å². The lowest BCUT2D eigenvalue weighted by atomic mass is 9.96. The minimum Gasteiger partial charge on any atom is -0.394 e. The molecular weight excluding hydrogens is 576 g/mol. The van der Waals surface area contributed by atoms with Gasteiger partial charge in [0.25, 0.3) is 0 Å². The number of ether oxygens (including phenoxy) is 4. The van der Waals surface area contributed by atoms with Crippen LogP contribution in [0.2, 0.25) is 0 Å². The molecule has 12 nitrogen and oxygen atoms in total. The first-order valence-electron chi connectivity index (χ1n) is 15.2. The third-order valence-electron chi connectivity index (χ3n) is 8.03. The van der Waals surface area contributed by atoms with Crippen molar-refractivity contribution in [1.82, 2.24) is 0 Å². The second-order valence-corrected chi connectivity index (χ2v) is 12.3. The summed E-state index contributed by atoms with van der Waals surface area (Å²) in [6, 6.07) is 0. The summed E-state index contributed by atoms with van der Waals surface area (Å²) in [5.41, 5.74) is 2.30. The van der Waals surface area contributed by atoms with E-state index in [-0.39, 0.29) is 0 Å². The molecule has 0 radical (unpaired) electrons. The quantitative estimate of drug-likeness (QED) is 0.112. The van der Waals surface area contributed by atoms with Crippen molar-refractivity contribution in [2.75, 3.05) is 13.2 Å². The van der Waals surface area contributed by atoms with E-state index in [0.717, 1.165) is 29.6 Å². The van der Waals surface area contributed by atoms with Crippen LogP contribution in [0, 0.1) is 0 Å². The van der Waals surface area contributed by atoms with Crippen LogP contribution < -0.4 is 0 Å². The molecule has 0 amide bonds. The molecule has 2 heterocycles. The van der Waals surface area contributed by atoms with Gasteiger partial charge in [0.05, 0.1) is 24.9 Å². The topological polar surface area (TPSA) is 199 Å². The fourth-order valence-corrected chi connectivity index (χ4v) is 5.16. The largest absolute Gasteiger partial charge is 0.394 e. The van der Waals surface area contributed by atoms with Crippen molar-refractivity contribution in [3.8, 4) is 0 Å². The van der Waals surface area contributed by atoms with E-state index in [1.54, 1.807) is 13.0 Å². The Balaban J connectivity index is 1.91. The van der Waals surface area contributed by atoms with E-state index < -0.39 is 86.3 Å². The Morgan fingerprint density at radius 3 is 1.82 bits per heavy atom. The Morgan fingerprint density at radius 1 is 0.773 bits per heavy atom. The van der Waals surface area contributed by atoms with Crippen LogP contribution in [0.4, 0.5) is 0 Å². The highest BCUT2D eigenvalue weighted by molar-refractivity contribution is 5.09. The van der Waals surface area contributed by atoms with Gasteiger partial charge in [0.1, 0.15) is 48.8 Å². The maximum atomic E-state index is 10.4. The Hall–Kier alpha value is -1.52. The fourth-order valence-electron chi connectivity index (χ4n) is 5.16. The molecule has 0 spiro atoms. The number of hydrogen-bond donors (Lipinski definition) is 8. The van der Waals surface area contributed by atoms with E-state index >= 15 is 0 Å². The number of aliphatic hydroxyl groups excluding tert-OH is 8. The highest BCUT2D eigenvalue weighted by Gasteiger charge is 2.46. The SMILES string of the molecule is C=CC(C)(CCC=C(C)CCC=C(C)CC(C=C(C)C)OC1OC(CO)C(O)C(O)C1O)OC1OC(CO)C(O)C(O)C1O. The summed E-state index contributed by atoms with van der Waals surface area (Å²) in [5, 5.41) is 79.8. The van der Waals surface area contributed by atoms with Crippen molar-refractivity contribution in [3.05, 3.63) is 47.6 Å². The zero-order valence-electron chi connectivity index (χ0n) is 26.5. The molecule has 0 saturated carbocycles. The number of rotatable bonds is 16. The highest BCUT2D eigenvalue weighted by atomic mass is 16.7. The van der Waals surface area contributed by atoms with Crippen LogP contribution in [0.5, 0.6) is 0 Å².